The van der Waals surface area contributed by atoms with Crippen molar-refractivity contribution in [1.82, 2.24) is 14.8 Å². The minimum absolute atomic E-state index is 0.186. The van der Waals surface area contributed by atoms with Gasteiger partial charge in [-0.2, -0.15) is 18.4 Å². The van der Waals surface area contributed by atoms with Crippen LogP contribution in [0.25, 0.3) is 17.0 Å². The van der Waals surface area contributed by atoms with Crippen molar-refractivity contribution in [1.29, 1.82) is 5.26 Å². The zero-order valence-corrected chi connectivity index (χ0v) is 21.4. The number of hydrogen-bond donors (Lipinski definition) is 1. The molecule has 1 N–H and O–H groups in total. The summed E-state index contributed by atoms with van der Waals surface area (Å²) in [6.45, 7) is 5.21. The van der Waals surface area contributed by atoms with Gasteiger partial charge in [-0.3, -0.25) is 10.1 Å². The van der Waals surface area contributed by atoms with Gasteiger partial charge in [0.2, 0.25) is 10.1 Å². The van der Waals surface area contributed by atoms with E-state index in [9.17, 15) is 23.2 Å². The first kappa shape index (κ1) is 26.9. The molecule has 196 valence electrons. The molecule has 2 aromatic carbocycles. The predicted molar refractivity (Wildman–Crippen MR) is 140 cm³/mol. The van der Waals surface area contributed by atoms with Crippen molar-refractivity contribution in [2.24, 2.45) is 0 Å². The molecule has 1 atom stereocenters. The second-order valence-corrected chi connectivity index (χ2v) is 9.50. The molecule has 2 heterocycles. The van der Waals surface area contributed by atoms with E-state index in [0.29, 0.717) is 24.6 Å². The van der Waals surface area contributed by atoms with E-state index < -0.39 is 17.1 Å². The molecular weight excluding hydrogens is 515 g/mol. The van der Waals surface area contributed by atoms with E-state index in [1.807, 2.05) is 59.3 Å². The summed E-state index contributed by atoms with van der Waals surface area (Å²) in [7, 11) is 0. The van der Waals surface area contributed by atoms with Crippen LogP contribution in [0.4, 0.5) is 18.3 Å². The molecule has 1 unspecified atom stereocenters. The number of benzene rings is 2. The summed E-state index contributed by atoms with van der Waals surface area (Å²) in [5.41, 5.74) is 2.36. The number of carbonyl (C=O) groups excluding carboxylic acids is 1. The number of nitriles is 1. The molecule has 0 saturated carbocycles. The number of para-hydroxylation sites is 2. The second-order valence-electron chi connectivity index (χ2n) is 8.52. The molecular formula is C27H24F3N5O2S. The zero-order chi connectivity index (χ0) is 27.3. The average Bonchev–Trinajstić information content (AvgIpc) is 3.52. The molecule has 0 fully saturated rings. The molecule has 0 aliphatic heterocycles. The van der Waals surface area contributed by atoms with Crippen molar-refractivity contribution < 1.29 is 22.7 Å². The van der Waals surface area contributed by atoms with Gasteiger partial charge in [0.25, 0.3) is 5.91 Å². The van der Waals surface area contributed by atoms with Gasteiger partial charge in [0.15, 0.2) is 0 Å². The highest BCUT2D eigenvalue weighted by molar-refractivity contribution is 7.15. The van der Waals surface area contributed by atoms with E-state index in [-0.39, 0.29) is 22.0 Å². The predicted octanol–water partition coefficient (Wildman–Crippen LogP) is 6.65. The molecule has 2 aromatic heterocycles. The number of nitrogens with zero attached hydrogens (tertiary/aromatic N) is 4. The van der Waals surface area contributed by atoms with Crippen LogP contribution in [0.3, 0.4) is 0 Å². The number of alkyl halides is 3. The van der Waals surface area contributed by atoms with Gasteiger partial charge in [0.1, 0.15) is 24.0 Å². The molecule has 1 amide bonds. The maximum absolute atomic E-state index is 12.8. The lowest BCUT2D eigenvalue weighted by molar-refractivity contribution is -0.138. The van der Waals surface area contributed by atoms with Crippen molar-refractivity contribution >= 4 is 39.4 Å². The van der Waals surface area contributed by atoms with E-state index in [1.165, 1.54) is 6.08 Å². The van der Waals surface area contributed by atoms with Crippen LogP contribution < -0.4 is 10.1 Å². The normalized spacial score (nSPS) is 12.8. The number of fused-ring (bicyclic) bond motifs is 1. The number of hydrogen-bond acceptors (Lipinski definition) is 6. The third kappa shape index (κ3) is 6.03. The lowest BCUT2D eigenvalue weighted by Gasteiger charge is -2.16. The minimum atomic E-state index is -4.67. The van der Waals surface area contributed by atoms with Gasteiger partial charge in [-0.15, -0.1) is 10.2 Å². The first-order valence-electron chi connectivity index (χ1n) is 11.8. The van der Waals surface area contributed by atoms with Crippen LogP contribution in [-0.2, 0) is 17.5 Å². The molecule has 38 heavy (non-hydrogen) atoms. The Morgan fingerprint density at radius 2 is 1.95 bits per heavy atom. The topological polar surface area (TPSA) is 92.8 Å². The number of aromatic nitrogens is 3. The summed E-state index contributed by atoms with van der Waals surface area (Å²) in [6, 6.07) is 17.3. The maximum atomic E-state index is 12.8. The standard InChI is InChI=1S/C27H24F3N5O2S/c1-3-17(2)20-8-5-7-11-23(20)37-13-12-35-16-19(21-9-4-6-10-22(21)35)14-18(15-31)24(36)32-26-34-33-25(38-26)27(28,29)30/h4-11,14,16-17H,3,12-13H2,1-2H3,(H,32,34,36). The Labute approximate surface area is 221 Å². The van der Waals surface area contributed by atoms with Crippen LogP contribution in [0.15, 0.2) is 60.3 Å². The third-order valence-corrected chi connectivity index (χ3v) is 6.91. The van der Waals surface area contributed by atoms with Crippen molar-refractivity contribution in [3.8, 4) is 11.8 Å². The quantitative estimate of drug-likeness (QED) is 0.190. The van der Waals surface area contributed by atoms with Crippen molar-refractivity contribution in [3.63, 3.8) is 0 Å². The first-order chi connectivity index (χ1) is 18.2. The van der Waals surface area contributed by atoms with E-state index in [2.05, 4.69) is 35.4 Å². The molecule has 0 aliphatic carbocycles. The molecule has 0 aliphatic rings. The minimum Gasteiger partial charge on any atom is -0.491 e. The monoisotopic (exact) mass is 539 g/mol. The van der Waals surface area contributed by atoms with Gasteiger partial charge in [-0.25, -0.2) is 0 Å². The van der Waals surface area contributed by atoms with Crippen LogP contribution in [0.2, 0.25) is 0 Å². The fourth-order valence-corrected chi connectivity index (χ4v) is 4.53. The largest absolute Gasteiger partial charge is 0.491 e. The molecule has 0 bridgehead atoms. The number of anilines is 1. The van der Waals surface area contributed by atoms with E-state index >= 15 is 0 Å². The van der Waals surface area contributed by atoms with Gasteiger partial charge in [-0.1, -0.05) is 61.6 Å². The van der Waals surface area contributed by atoms with E-state index in [4.69, 9.17) is 4.74 Å². The zero-order valence-electron chi connectivity index (χ0n) is 20.6. The Morgan fingerprint density at radius 1 is 1.21 bits per heavy atom. The highest BCUT2D eigenvalue weighted by atomic mass is 32.1. The molecule has 7 nitrogen and oxygen atoms in total. The van der Waals surface area contributed by atoms with Crippen LogP contribution in [-0.4, -0.2) is 27.3 Å². The molecule has 0 radical (unpaired) electrons. The Kier molecular flexibility index (Phi) is 8.12. The Morgan fingerprint density at radius 3 is 2.66 bits per heavy atom. The summed E-state index contributed by atoms with van der Waals surface area (Å²) < 4.78 is 46.4. The number of carbonyl (C=O) groups is 1. The van der Waals surface area contributed by atoms with Crippen molar-refractivity contribution in [2.45, 2.75) is 38.9 Å². The summed E-state index contributed by atoms with van der Waals surface area (Å²) in [5.74, 6) is 0.331. The number of rotatable bonds is 9. The van der Waals surface area contributed by atoms with Crippen LogP contribution >= 0.6 is 11.3 Å². The highest BCUT2D eigenvalue weighted by Gasteiger charge is 2.36. The van der Waals surface area contributed by atoms with Gasteiger partial charge in [0.05, 0.1) is 6.54 Å². The Bertz CT molecular complexity index is 1520. The van der Waals surface area contributed by atoms with Crippen molar-refractivity contribution in [2.75, 3.05) is 11.9 Å². The Hall–Kier alpha value is -4.17. The number of halogens is 3. The highest BCUT2D eigenvalue weighted by Crippen LogP contribution is 2.33. The molecule has 4 aromatic rings. The third-order valence-electron chi connectivity index (χ3n) is 6.02. The second kappa shape index (κ2) is 11.5. The first-order valence-corrected chi connectivity index (χ1v) is 12.7. The molecule has 4 rings (SSSR count). The van der Waals surface area contributed by atoms with Gasteiger partial charge >= 0.3 is 6.18 Å². The molecule has 0 saturated heterocycles. The number of nitrogens with one attached hydrogen (secondary N) is 1. The van der Waals surface area contributed by atoms with E-state index in [0.717, 1.165) is 28.6 Å². The summed E-state index contributed by atoms with van der Waals surface area (Å²) in [6.07, 6.45) is -0.461. The van der Waals surface area contributed by atoms with Gasteiger partial charge in [-0.05, 0) is 36.1 Å². The van der Waals surface area contributed by atoms with Gasteiger partial charge < -0.3 is 9.30 Å². The number of ether oxygens (including phenoxy) is 1. The average molecular weight is 540 g/mol. The van der Waals surface area contributed by atoms with Crippen molar-refractivity contribution in [3.05, 3.63) is 76.4 Å². The van der Waals surface area contributed by atoms with Crippen LogP contribution in [0.1, 0.15) is 42.3 Å². The van der Waals surface area contributed by atoms with Gasteiger partial charge in [0, 0.05) is 22.7 Å². The Balaban J connectivity index is 1.53. The summed E-state index contributed by atoms with van der Waals surface area (Å²) in [4.78, 5) is 12.6. The lowest BCUT2D eigenvalue weighted by atomic mass is 9.98. The number of amides is 1. The maximum Gasteiger partial charge on any atom is 0.445 e. The molecule has 0 spiro atoms. The summed E-state index contributed by atoms with van der Waals surface area (Å²) >= 11 is 0.186. The van der Waals surface area contributed by atoms with E-state index in [1.54, 1.807) is 0 Å². The van der Waals surface area contributed by atoms with Crippen LogP contribution in [0.5, 0.6) is 5.75 Å². The molecule has 11 heteroatoms. The fraction of sp³-hybridized carbons (Fsp3) is 0.259. The van der Waals surface area contributed by atoms with Crippen LogP contribution in [0, 0.1) is 11.3 Å². The SMILES string of the molecule is CCC(C)c1ccccc1OCCn1cc(C=C(C#N)C(=O)Nc2nnc(C(F)(F)F)s2)c2ccccc21. The lowest BCUT2D eigenvalue weighted by Crippen LogP contribution is -2.13. The summed E-state index contributed by atoms with van der Waals surface area (Å²) in [5, 5.41) is 17.5. The fourth-order valence-electron chi connectivity index (χ4n) is 3.93. The smallest absolute Gasteiger partial charge is 0.445 e.